The van der Waals surface area contributed by atoms with E-state index in [0.717, 1.165) is 23.3 Å². The SMILES string of the molecule is CCCc1c(Cl)c2ccccc2c2c1c1ccccc1n2C. The number of nitrogens with zero attached hydrogens (tertiary/aromatic N) is 1. The van der Waals surface area contributed by atoms with Gasteiger partial charge in [-0.2, -0.15) is 0 Å². The lowest BCUT2D eigenvalue weighted by Gasteiger charge is -2.11. The number of benzene rings is 3. The van der Waals surface area contributed by atoms with Crippen LogP contribution in [-0.2, 0) is 13.5 Å². The monoisotopic (exact) mass is 307 g/mol. The zero-order chi connectivity index (χ0) is 15.3. The van der Waals surface area contributed by atoms with Gasteiger partial charge in [-0.05, 0) is 18.1 Å². The average molecular weight is 308 g/mol. The van der Waals surface area contributed by atoms with E-state index in [9.17, 15) is 0 Å². The van der Waals surface area contributed by atoms with Crippen molar-refractivity contribution in [2.24, 2.45) is 7.05 Å². The van der Waals surface area contributed by atoms with Gasteiger partial charge < -0.3 is 4.57 Å². The summed E-state index contributed by atoms with van der Waals surface area (Å²) in [6.07, 6.45) is 2.10. The largest absolute Gasteiger partial charge is 0.343 e. The van der Waals surface area contributed by atoms with Crippen molar-refractivity contribution >= 4 is 44.2 Å². The maximum absolute atomic E-state index is 6.80. The molecule has 2 heteroatoms. The Morgan fingerprint density at radius 3 is 2.27 bits per heavy atom. The van der Waals surface area contributed by atoms with Crippen LogP contribution in [0.3, 0.4) is 0 Å². The van der Waals surface area contributed by atoms with E-state index in [0.29, 0.717) is 0 Å². The van der Waals surface area contributed by atoms with Gasteiger partial charge in [-0.3, -0.25) is 0 Å². The molecular formula is C20H18ClN. The quantitative estimate of drug-likeness (QED) is 0.422. The van der Waals surface area contributed by atoms with Crippen molar-refractivity contribution < 1.29 is 0 Å². The molecule has 0 aliphatic carbocycles. The zero-order valence-corrected chi connectivity index (χ0v) is 13.6. The third-order valence-corrected chi connectivity index (χ3v) is 5.02. The van der Waals surface area contributed by atoms with Gasteiger partial charge in [-0.25, -0.2) is 0 Å². The molecule has 1 heterocycles. The van der Waals surface area contributed by atoms with Gasteiger partial charge in [0.2, 0.25) is 0 Å². The second-order valence-corrected chi connectivity index (χ2v) is 6.27. The molecule has 110 valence electrons. The number of fused-ring (bicyclic) bond motifs is 5. The van der Waals surface area contributed by atoms with Crippen LogP contribution in [0.25, 0.3) is 32.6 Å². The summed E-state index contributed by atoms with van der Waals surface area (Å²) in [7, 11) is 2.15. The number of para-hydroxylation sites is 1. The standard InChI is InChI=1S/C20H18ClN/c1-3-8-16-18-15-11-6-7-12-17(15)22(2)20(18)14-10-5-4-9-13(14)19(16)21/h4-7,9-12H,3,8H2,1-2H3. The first-order chi connectivity index (χ1) is 10.7. The summed E-state index contributed by atoms with van der Waals surface area (Å²) in [6.45, 7) is 2.21. The molecule has 0 amide bonds. The van der Waals surface area contributed by atoms with Crippen molar-refractivity contribution in [2.45, 2.75) is 19.8 Å². The Labute approximate surface area is 135 Å². The summed E-state index contributed by atoms with van der Waals surface area (Å²) >= 11 is 6.80. The van der Waals surface area contributed by atoms with Crippen LogP contribution in [0.5, 0.6) is 0 Å². The Morgan fingerprint density at radius 1 is 0.909 bits per heavy atom. The van der Waals surface area contributed by atoms with Gasteiger partial charge in [0, 0.05) is 34.1 Å². The fourth-order valence-corrected chi connectivity index (χ4v) is 4.01. The molecule has 0 spiro atoms. The maximum atomic E-state index is 6.80. The number of hydrogen-bond donors (Lipinski definition) is 0. The van der Waals surface area contributed by atoms with Crippen molar-refractivity contribution in [2.75, 3.05) is 0 Å². The van der Waals surface area contributed by atoms with Crippen molar-refractivity contribution in [3.63, 3.8) is 0 Å². The molecule has 1 aromatic heterocycles. The van der Waals surface area contributed by atoms with Gasteiger partial charge in [0.05, 0.1) is 10.5 Å². The van der Waals surface area contributed by atoms with E-state index in [1.165, 1.54) is 32.8 Å². The van der Waals surface area contributed by atoms with Crippen LogP contribution in [0.4, 0.5) is 0 Å². The molecule has 3 aromatic carbocycles. The molecule has 0 fully saturated rings. The number of aryl methyl sites for hydroxylation is 2. The summed E-state index contributed by atoms with van der Waals surface area (Å²) in [5.74, 6) is 0. The molecule has 0 aliphatic heterocycles. The van der Waals surface area contributed by atoms with Gasteiger partial charge in [-0.15, -0.1) is 0 Å². The summed E-state index contributed by atoms with van der Waals surface area (Å²) in [5, 5.41) is 5.94. The van der Waals surface area contributed by atoms with E-state index in [-0.39, 0.29) is 0 Å². The number of aromatic nitrogens is 1. The van der Waals surface area contributed by atoms with Crippen LogP contribution in [-0.4, -0.2) is 4.57 Å². The van der Waals surface area contributed by atoms with E-state index < -0.39 is 0 Å². The Balaban J connectivity index is 2.37. The molecule has 0 saturated heterocycles. The molecule has 4 aromatic rings. The van der Waals surface area contributed by atoms with Crippen molar-refractivity contribution in [3.05, 3.63) is 59.1 Å². The average Bonchev–Trinajstić information content (AvgIpc) is 2.85. The highest BCUT2D eigenvalue weighted by Crippen LogP contribution is 2.41. The van der Waals surface area contributed by atoms with Crippen molar-refractivity contribution in [1.29, 1.82) is 0 Å². The smallest absolute Gasteiger partial charge is 0.0572 e. The van der Waals surface area contributed by atoms with Gasteiger partial charge in [0.1, 0.15) is 0 Å². The Kier molecular flexibility index (Phi) is 3.12. The van der Waals surface area contributed by atoms with Gasteiger partial charge in [0.15, 0.2) is 0 Å². The van der Waals surface area contributed by atoms with E-state index in [4.69, 9.17) is 11.6 Å². The molecule has 22 heavy (non-hydrogen) atoms. The lowest BCUT2D eigenvalue weighted by Crippen LogP contribution is -1.92. The molecule has 1 nitrogen and oxygen atoms in total. The van der Waals surface area contributed by atoms with E-state index in [1.807, 2.05) is 0 Å². The first-order valence-corrected chi connectivity index (χ1v) is 8.18. The first kappa shape index (κ1) is 13.7. The summed E-state index contributed by atoms with van der Waals surface area (Å²) in [5.41, 5.74) is 3.85. The van der Waals surface area contributed by atoms with Crippen molar-refractivity contribution in [3.8, 4) is 0 Å². The van der Waals surface area contributed by atoms with E-state index >= 15 is 0 Å². The van der Waals surface area contributed by atoms with Gasteiger partial charge in [0.25, 0.3) is 0 Å². The number of rotatable bonds is 2. The summed E-state index contributed by atoms with van der Waals surface area (Å²) in [6, 6.07) is 17.1. The predicted octanol–water partition coefficient (Wildman–Crippen LogP) is 6.09. The highest BCUT2D eigenvalue weighted by Gasteiger charge is 2.18. The zero-order valence-electron chi connectivity index (χ0n) is 12.9. The Hall–Kier alpha value is -1.99. The molecule has 0 aliphatic rings. The van der Waals surface area contributed by atoms with Crippen LogP contribution >= 0.6 is 11.6 Å². The van der Waals surface area contributed by atoms with Gasteiger partial charge >= 0.3 is 0 Å². The van der Waals surface area contributed by atoms with Gasteiger partial charge in [-0.1, -0.05) is 67.4 Å². The fourth-order valence-electron chi connectivity index (χ4n) is 3.65. The topological polar surface area (TPSA) is 4.93 Å². The predicted molar refractivity (Wildman–Crippen MR) is 96.9 cm³/mol. The Bertz CT molecular complexity index is 1010. The number of hydrogen-bond acceptors (Lipinski definition) is 0. The van der Waals surface area contributed by atoms with Crippen LogP contribution in [0.1, 0.15) is 18.9 Å². The van der Waals surface area contributed by atoms with E-state index in [2.05, 4.69) is 67.1 Å². The summed E-state index contributed by atoms with van der Waals surface area (Å²) in [4.78, 5) is 0. The first-order valence-electron chi connectivity index (χ1n) is 7.80. The summed E-state index contributed by atoms with van der Waals surface area (Å²) < 4.78 is 2.31. The highest BCUT2D eigenvalue weighted by molar-refractivity contribution is 6.39. The lowest BCUT2D eigenvalue weighted by molar-refractivity contribution is 0.931. The van der Waals surface area contributed by atoms with Crippen LogP contribution in [0.15, 0.2) is 48.5 Å². The third-order valence-electron chi connectivity index (χ3n) is 4.59. The minimum atomic E-state index is 0.918. The molecule has 4 rings (SSSR count). The Morgan fingerprint density at radius 2 is 1.55 bits per heavy atom. The number of halogens is 1. The lowest BCUT2D eigenvalue weighted by atomic mass is 9.97. The molecule has 0 radical (unpaired) electrons. The van der Waals surface area contributed by atoms with Crippen molar-refractivity contribution in [1.82, 2.24) is 4.57 Å². The minimum absolute atomic E-state index is 0.918. The third kappa shape index (κ3) is 1.72. The van der Waals surface area contributed by atoms with Crippen LogP contribution in [0, 0.1) is 0 Å². The molecule has 0 N–H and O–H groups in total. The molecule has 0 unspecified atom stereocenters. The molecule has 0 atom stereocenters. The molecule has 0 bridgehead atoms. The maximum Gasteiger partial charge on any atom is 0.0572 e. The van der Waals surface area contributed by atoms with Crippen LogP contribution < -0.4 is 0 Å². The fraction of sp³-hybridized carbons (Fsp3) is 0.200. The molecular weight excluding hydrogens is 290 g/mol. The second-order valence-electron chi connectivity index (χ2n) is 5.89. The van der Waals surface area contributed by atoms with Crippen LogP contribution in [0.2, 0.25) is 5.02 Å². The minimum Gasteiger partial charge on any atom is -0.343 e. The normalized spacial score (nSPS) is 11.8. The highest BCUT2D eigenvalue weighted by atomic mass is 35.5. The molecule has 0 saturated carbocycles. The second kappa shape index (κ2) is 5.03. The van der Waals surface area contributed by atoms with E-state index in [1.54, 1.807) is 0 Å².